The molecule has 0 spiro atoms. The first-order valence-electron chi connectivity index (χ1n) is 8.72. The molecule has 0 aliphatic carbocycles. The second-order valence-corrected chi connectivity index (χ2v) is 7.53. The topological polar surface area (TPSA) is 63.7 Å². The van der Waals surface area contributed by atoms with Gasteiger partial charge in [-0.1, -0.05) is 13.8 Å². The number of thiazole rings is 1. The van der Waals surface area contributed by atoms with Gasteiger partial charge < -0.3 is 19.7 Å². The molecule has 0 radical (unpaired) electrons. The summed E-state index contributed by atoms with van der Waals surface area (Å²) in [5.74, 6) is 1.83. The van der Waals surface area contributed by atoms with E-state index in [1.54, 1.807) is 25.6 Å². The molecule has 3 rings (SSSR count). The van der Waals surface area contributed by atoms with Gasteiger partial charge in [0.05, 0.1) is 31.5 Å². The molecule has 0 saturated carbocycles. The summed E-state index contributed by atoms with van der Waals surface area (Å²) in [6.07, 6.45) is 0.803. The summed E-state index contributed by atoms with van der Waals surface area (Å²) in [4.78, 5) is 18.9. The Kier molecular flexibility index (Phi) is 5.66. The fourth-order valence-corrected chi connectivity index (χ4v) is 3.84. The number of fused-ring (bicyclic) bond motifs is 1. The van der Waals surface area contributed by atoms with Gasteiger partial charge in [0, 0.05) is 24.4 Å². The Morgan fingerprint density at radius 3 is 2.58 bits per heavy atom. The molecule has 0 fully saturated rings. The summed E-state index contributed by atoms with van der Waals surface area (Å²) in [6, 6.07) is 3.90. The third kappa shape index (κ3) is 3.93. The Morgan fingerprint density at radius 1 is 1.27 bits per heavy atom. The standard InChI is InChI=1S/C19H25N3O3S/c1-12(2)18-21-15(11-26-18)9-20-19(23)22-6-5-13-7-16(24-3)17(25-4)8-14(13)10-22/h7-8,11-12H,5-6,9-10H2,1-4H3,(H,20,23). The number of benzene rings is 1. The molecule has 1 aromatic carbocycles. The molecule has 0 atom stereocenters. The van der Waals surface area contributed by atoms with Crippen LogP contribution in [0.3, 0.4) is 0 Å². The average Bonchev–Trinajstić information content (AvgIpc) is 3.13. The van der Waals surface area contributed by atoms with Crippen LogP contribution in [0.2, 0.25) is 0 Å². The molecule has 26 heavy (non-hydrogen) atoms. The van der Waals surface area contributed by atoms with E-state index in [1.807, 2.05) is 22.4 Å². The first kappa shape index (κ1) is 18.5. The number of methoxy groups -OCH3 is 2. The predicted octanol–water partition coefficient (Wildman–Crippen LogP) is 3.55. The lowest BCUT2D eigenvalue weighted by atomic mass is 9.99. The van der Waals surface area contributed by atoms with Crippen molar-refractivity contribution in [3.8, 4) is 11.5 Å². The van der Waals surface area contributed by atoms with E-state index in [4.69, 9.17) is 9.47 Å². The molecule has 1 aromatic heterocycles. The minimum atomic E-state index is -0.0652. The zero-order chi connectivity index (χ0) is 18.7. The number of ether oxygens (including phenoxy) is 2. The lowest BCUT2D eigenvalue weighted by Gasteiger charge is -2.29. The fourth-order valence-electron chi connectivity index (χ4n) is 3.00. The van der Waals surface area contributed by atoms with Crippen molar-refractivity contribution in [2.75, 3.05) is 20.8 Å². The van der Waals surface area contributed by atoms with Crippen molar-refractivity contribution < 1.29 is 14.3 Å². The van der Waals surface area contributed by atoms with Crippen molar-refractivity contribution in [2.24, 2.45) is 0 Å². The lowest BCUT2D eigenvalue weighted by molar-refractivity contribution is 0.191. The van der Waals surface area contributed by atoms with Crippen LogP contribution >= 0.6 is 11.3 Å². The number of amides is 2. The van der Waals surface area contributed by atoms with Gasteiger partial charge in [0.25, 0.3) is 0 Å². The average molecular weight is 375 g/mol. The Morgan fingerprint density at radius 2 is 1.96 bits per heavy atom. The Labute approximate surface area is 158 Å². The number of nitrogens with one attached hydrogen (secondary N) is 1. The van der Waals surface area contributed by atoms with Crippen LogP contribution in [0.25, 0.3) is 0 Å². The molecule has 1 aliphatic rings. The molecular weight excluding hydrogens is 350 g/mol. The van der Waals surface area contributed by atoms with E-state index in [1.165, 1.54) is 5.56 Å². The number of carbonyl (C=O) groups excluding carboxylic acids is 1. The van der Waals surface area contributed by atoms with Crippen LogP contribution in [0.15, 0.2) is 17.5 Å². The van der Waals surface area contributed by atoms with Crippen LogP contribution in [0.5, 0.6) is 11.5 Å². The van der Waals surface area contributed by atoms with Gasteiger partial charge in [-0.3, -0.25) is 0 Å². The van der Waals surface area contributed by atoms with Crippen molar-refractivity contribution in [2.45, 2.75) is 39.3 Å². The van der Waals surface area contributed by atoms with Crippen molar-refractivity contribution >= 4 is 17.4 Å². The summed E-state index contributed by atoms with van der Waals surface area (Å²) < 4.78 is 10.7. The molecule has 0 saturated heterocycles. The van der Waals surface area contributed by atoms with E-state index in [2.05, 4.69) is 24.1 Å². The van der Waals surface area contributed by atoms with Gasteiger partial charge in [-0.25, -0.2) is 9.78 Å². The first-order chi connectivity index (χ1) is 12.5. The molecule has 2 amide bonds. The second kappa shape index (κ2) is 7.95. The van der Waals surface area contributed by atoms with Gasteiger partial charge >= 0.3 is 6.03 Å². The number of urea groups is 1. The monoisotopic (exact) mass is 375 g/mol. The maximum Gasteiger partial charge on any atom is 0.318 e. The molecule has 7 heteroatoms. The highest BCUT2D eigenvalue weighted by atomic mass is 32.1. The molecule has 1 aliphatic heterocycles. The van der Waals surface area contributed by atoms with E-state index in [0.717, 1.165) is 28.4 Å². The van der Waals surface area contributed by atoms with Gasteiger partial charge in [0.2, 0.25) is 0 Å². The summed E-state index contributed by atoms with van der Waals surface area (Å²) in [5, 5.41) is 6.09. The number of hydrogen-bond donors (Lipinski definition) is 1. The highest BCUT2D eigenvalue weighted by Crippen LogP contribution is 2.33. The lowest BCUT2D eigenvalue weighted by Crippen LogP contribution is -2.42. The van der Waals surface area contributed by atoms with Gasteiger partial charge in [-0.15, -0.1) is 11.3 Å². The van der Waals surface area contributed by atoms with Crippen LogP contribution in [0, 0.1) is 0 Å². The van der Waals surface area contributed by atoms with Gasteiger partial charge in [0.15, 0.2) is 11.5 Å². The zero-order valence-electron chi connectivity index (χ0n) is 15.7. The van der Waals surface area contributed by atoms with Crippen LogP contribution in [0.1, 0.15) is 41.6 Å². The number of carbonyl (C=O) groups is 1. The summed E-state index contributed by atoms with van der Waals surface area (Å²) in [7, 11) is 3.26. The van der Waals surface area contributed by atoms with E-state index < -0.39 is 0 Å². The number of hydrogen-bond acceptors (Lipinski definition) is 5. The quantitative estimate of drug-likeness (QED) is 0.868. The molecule has 2 aromatic rings. The Hall–Kier alpha value is -2.28. The zero-order valence-corrected chi connectivity index (χ0v) is 16.5. The van der Waals surface area contributed by atoms with E-state index in [9.17, 15) is 4.79 Å². The molecule has 6 nitrogen and oxygen atoms in total. The second-order valence-electron chi connectivity index (χ2n) is 6.64. The molecular formula is C19H25N3O3S. The smallest absolute Gasteiger partial charge is 0.318 e. The highest BCUT2D eigenvalue weighted by Gasteiger charge is 2.23. The maximum absolute atomic E-state index is 12.5. The molecule has 140 valence electrons. The molecule has 0 unspecified atom stereocenters. The van der Waals surface area contributed by atoms with Gasteiger partial charge in [0.1, 0.15) is 0 Å². The van der Waals surface area contributed by atoms with Crippen molar-refractivity contribution in [3.05, 3.63) is 39.3 Å². The summed E-state index contributed by atoms with van der Waals surface area (Å²) in [5.41, 5.74) is 3.21. The molecule has 0 bridgehead atoms. The van der Waals surface area contributed by atoms with Crippen molar-refractivity contribution in [3.63, 3.8) is 0 Å². The molecule has 1 N–H and O–H groups in total. The van der Waals surface area contributed by atoms with Crippen LogP contribution in [0.4, 0.5) is 4.79 Å². The van der Waals surface area contributed by atoms with Gasteiger partial charge in [-0.2, -0.15) is 0 Å². The third-order valence-corrected chi connectivity index (χ3v) is 5.68. The SMILES string of the molecule is COc1cc2c(cc1OC)CN(C(=O)NCc1csc(C(C)C)n1)CC2. The highest BCUT2D eigenvalue weighted by molar-refractivity contribution is 7.09. The third-order valence-electron chi connectivity index (χ3n) is 4.49. The number of rotatable bonds is 5. The summed E-state index contributed by atoms with van der Waals surface area (Å²) >= 11 is 1.64. The first-order valence-corrected chi connectivity index (χ1v) is 9.60. The van der Waals surface area contributed by atoms with E-state index >= 15 is 0 Å². The van der Waals surface area contributed by atoms with E-state index in [-0.39, 0.29) is 6.03 Å². The van der Waals surface area contributed by atoms with Crippen molar-refractivity contribution in [1.29, 1.82) is 0 Å². The van der Waals surface area contributed by atoms with Crippen LogP contribution in [-0.4, -0.2) is 36.7 Å². The largest absolute Gasteiger partial charge is 0.493 e. The van der Waals surface area contributed by atoms with E-state index in [0.29, 0.717) is 31.3 Å². The molecule has 2 heterocycles. The van der Waals surface area contributed by atoms with Crippen LogP contribution in [-0.2, 0) is 19.5 Å². The van der Waals surface area contributed by atoms with Crippen LogP contribution < -0.4 is 14.8 Å². The minimum Gasteiger partial charge on any atom is -0.493 e. The Balaban J connectivity index is 1.63. The predicted molar refractivity (Wildman–Crippen MR) is 102 cm³/mol. The summed E-state index contributed by atoms with van der Waals surface area (Å²) in [6.45, 7) is 5.95. The Bertz CT molecular complexity index is 788. The maximum atomic E-state index is 12.5. The van der Waals surface area contributed by atoms with Gasteiger partial charge in [-0.05, 0) is 29.7 Å². The number of aromatic nitrogens is 1. The minimum absolute atomic E-state index is 0.0652. The fraction of sp³-hybridized carbons (Fsp3) is 0.474. The van der Waals surface area contributed by atoms with Crippen molar-refractivity contribution in [1.82, 2.24) is 15.2 Å². The number of nitrogens with zero attached hydrogens (tertiary/aromatic N) is 2. The normalized spacial score (nSPS) is 13.5.